The molecule has 1 fully saturated rings. The molecule has 2 nitrogen and oxygen atoms in total. The highest BCUT2D eigenvalue weighted by Crippen LogP contribution is 2.28. The van der Waals surface area contributed by atoms with E-state index < -0.39 is 0 Å². The molecule has 4 heteroatoms. The van der Waals surface area contributed by atoms with Gasteiger partial charge in [-0.05, 0) is 43.4 Å². The van der Waals surface area contributed by atoms with E-state index in [1.54, 1.807) is 6.07 Å². The zero-order chi connectivity index (χ0) is 13.8. The number of halogens is 2. The third-order valence-corrected chi connectivity index (χ3v) is 4.51. The highest BCUT2D eigenvalue weighted by Gasteiger charge is 2.19. The van der Waals surface area contributed by atoms with Gasteiger partial charge in [-0.15, -0.1) is 0 Å². The predicted octanol–water partition coefficient (Wildman–Crippen LogP) is 4.75. The summed E-state index contributed by atoms with van der Waals surface area (Å²) in [6, 6.07) is 5.43. The average Bonchev–Trinajstić information content (AvgIpc) is 2.85. The Labute approximate surface area is 124 Å². The van der Waals surface area contributed by atoms with Gasteiger partial charge in [0, 0.05) is 6.42 Å². The first-order chi connectivity index (χ1) is 9.06. The fourth-order valence-corrected chi connectivity index (χ4v) is 2.95. The molecule has 1 N–H and O–H groups in total. The molecule has 1 amide bonds. The van der Waals surface area contributed by atoms with E-state index in [1.165, 1.54) is 25.7 Å². The molecule has 1 saturated carbocycles. The Morgan fingerprint density at radius 1 is 1.32 bits per heavy atom. The molecule has 1 aromatic carbocycles. The van der Waals surface area contributed by atoms with Gasteiger partial charge in [0.1, 0.15) is 0 Å². The lowest BCUT2D eigenvalue weighted by atomic mass is 10.0. The van der Waals surface area contributed by atoms with Gasteiger partial charge in [0.15, 0.2) is 0 Å². The number of rotatable bonds is 4. The lowest BCUT2D eigenvalue weighted by Gasteiger charge is -2.16. The van der Waals surface area contributed by atoms with Crippen molar-refractivity contribution < 1.29 is 4.79 Å². The summed E-state index contributed by atoms with van der Waals surface area (Å²) in [4.78, 5) is 12.0. The molecule has 0 heterocycles. The van der Waals surface area contributed by atoms with Crippen molar-refractivity contribution in [1.82, 2.24) is 5.32 Å². The minimum absolute atomic E-state index is 0.0383. The maximum absolute atomic E-state index is 12.0. The van der Waals surface area contributed by atoms with Crippen LogP contribution in [0.25, 0.3) is 0 Å². The molecule has 1 aromatic rings. The minimum atomic E-state index is -0.0383. The third-order valence-electron chi connectivity index (χ3n) is 3.77. The molecule has 104 valence electrons. The van der Waals surface area contributed by atoms with Crippen molar-refractivity contribution in [3.8, 4) is 0 Å². The monoisotopic (exact) mass is 299 g/mol. The van der Waals surface area contributed by atoms with Gasteiger partial charge in [0.05, 0.1) is 16.1 Å². The molecule has 0 radical (unpaired) electrons. The summed E-state index contributed by atoms with van der Waals surface area (Å²) < 4.78 is 0. The molecular formula is C15H19Cl2NO. The normalized spacial score (nSPS) is 17.4. The van der Waals surface area contributed by atoms with Crippen LogP contribution in [0.15, 0.2) is 18.2 Å². The Hall–Kier alpha value is -0.730. The Balaban J connectivity index is 1.90. The molecule has 1 atom stereocenters. The fourth-order valence-electron chi connectivity index (χ4n) is 2.64. The fraction of sp³-hybridized carbons (Fsp3) is 0.533. The summed E-state index contributed by atoms with van der Waals surface area (Å²) in [6.45, 7) is 1.96. The van der Waals surface area contributed by atoms with Crippen LogP contribution in [0.5, 0.6) is 0 Å². The Morgan fingerprint density at radius 3 is 2.63 bits per heavy atom. The van der Waals surface area contributed by atoms with Crippen LogP contribution in [0.3, 0.4) is 0 Å². The van der Waals surface area contributed by atoms with Crippen molar-refractivity contribution in [2.24, 2.45) is 5.92 Å². The van der Waals surface area contributed by atoms with Crippen molar-refractivity contribution in [3.63, 3.8) is 0 Å². The molecule has 0 aromatic heterocycles. The molecule has 0 bridgehead atoms. The van der Waals surface area contributed by atoms with E-state index in [4.69, 9.17) is 23.2 Å². The van der Waals surface area contributed by atoms with Crippen LogP contribution in [-0.4, -0.2) is 5.91 Å². The maximum atomic E-state index is 12.0. The van der Waals surface area contributed by atoms with Gasteiger partial charge >= 0.3 is 0 Å². The summed E-state index contributed by atoms with van der Waals surface area (Å²) >= 11 is 11.9. The second kappa shape index (κ2) is 6.62. The average molecular weight is 300 g/mol. The van der Waals surface area contributed by atoms with E-state index >= 15 is 0 Å². The molecule has 1 aliphatic carbocycles. The van der Waals surface area contributed by atoms with Crippen molar-refractivity contribution in [3.05, 3.63) is 33.8 Å². The highest BCUT2D eigenvalue weighted by atomic mass is 35.5. The van der Waals surface area contributed by atoms with E-state index in [1.807, 2.05) is 19.1 Å². The predicted molar refractivity (Wildman–Crippen MR) is 79.6 cm³/mol. The quantitative estimate of drug-likeness (QED) is 0.854. The summed E-state index contributed by atoms with van der Waals surface area (Å²) in [6.07, 6.45) is 5.55. The number of carbonyl (C=O) groups is 1. The second-order valence-corrected chi connectivity index (χ2v) is 6.13. The smallest absolute Gasteiger partial charge is 0.220 e. The van der Waals surface area contributed by atoms with Gasteiger partial charge in [-0.3, -0.25) is 4.79 Å². The van der Waals surface area contributed by atoms with Crippen LogP contribution in [0, 0.1) is 5.92 Å². The summed E-state index contributed by atoms with van der Waals surface area (Å²) in [5.41, 5.74) is 0.981. The highest BCUT2D eigenvalue weighted by molar-refractivity contribution is 6.42. The van der Waals surface area contributed by atoms with Gasteiger partial charge < -0.3 is 5.32 Å². The first kappa shape index (κ1) is 14.7. The Morgan fingerprint density at radius 2 is 2.00 bits per heavy atom. The van der Waals surface area contributed by atoms with E-state index in [9.17, 15) is 4.79 Å². The Bertz CT molecular complexity index is 455. The molecule has 19 heavy (non-hydrogen) atoms. The largest absolute Gasteiger partial charge is 0.350 e. The van der Waals surface area contributed by atoms with Crippen molar-refractivity contribution in [2.75, 3.05) is 0 Å². The molecular weight excluding hydrogens is 281 g/mol. The number of carbonyl (C=O) groups excluding carboxylic acids is 1. The number of nitrogens with one attached hydrogen (secondary N) is 1. The van der Waals surface area contributed by atoms with Crippen LogP contribution in [0.1, 0.15) is 50.6 Å². The second-order valence-electron chi connectivity index (χ2n) is 5.32. The van der Waals surface area contributed by atoms with Gasteiger partial charge in [-0.2, -0.15) is 0 Å². The van der Waals surface area contributed by atoms with Gasteiger partial charge in [0.25, 0.3) is 0 Å². The van der Waals surface area contributed by atoms with Crippen LogP contribution >= 0.6 is 23.2 Å². The van der Waals surface area contributed by atoms with Crippen LogP contribution in [0.2, 0.25) is 10.0 Å². The number of amides is 1. The molecule has 0 spiro atoms. The van der Waals surface area contributed by atoms with Gasteiger partial charge in [-0.1, -0.05) is 42.1 Å². The molecule has 1 aliphatic rings. The zero-order valence-corrected chi connectivity index (χ0v) is 12.6. The summed E-state index contributed by atoms with van der Waals surface area (Å²) in [5.74, 6) is 0.700. The van der Waals surface area contributed by atoms with E-state index in [-0.39, 0.29) is 11.9 Å². The molecule has 2 rings (SSSR count). The van der Waals surface area contributed by atoms with Crippen molar-refractivity contribution in [2.45, 2.75) is 45.1 Å². The summed E-state index contributed by atoms with van der Waals surface area (Å²) in [5, 5.41) is 4.09. The van der Waals surface area contributed by atoms with Crippen LogP contribution in [0.4, 0.5) is 0 Å². The van der Waals surface area contributed by atoms with Crippen molar-refractivity contribution >= 4 is 29.1 Å². The first-order valence-corrected chi connectivity index (χ1v) is 7.56. The topological polar surface area (TPSA) is 29.1 Å². The number of hydrogen-bond donors (Lipinski definition) is 1. The van der Waals surface area contributed by atoms with E-state index in [2.05, 4.69) is 5.32 Å². The van der Waals surface area contributed by atoms with E-state index in [0.29, 0.717) is 22.4 Å². The van der Waals surface area contributed by atoms with Crippen LogP contribution < -0.4 is 5.32 Å². The zero-order valence-electron chi connectivity index (χ0n) is 11.1. The molecule has 0 aliphatic heterocycles. The first-order valence-electron chi connectivity index (χ1n) is 6.80. The van der Waals surface area contributed by atoms with Gasteiger partial charge in [-0.25, -0.2) is 0 Å². The third kappa shape index (κ3) is 4.12. The molecule has 0 saturated heterocycles. The number of hydrogen-bond acceptors (Lipinski definition) is 1. The Kier molecular flexibility index (Phi) is 5.12. The van der Waals surface area contributed by atoms with Crippen molar-refractivity contribution in [1.29, 1.82) is 0 Å². The minimum Gasteiger partial charge on any atom is -0.350 e. The summed E-state index contributed by atoms with van der Waals surface area (Å²) in [7, 11) is 0. The standard InChI is InChI=1S/C15H19Cl2NO/c1-10(12-6-7-13(16)14(17)9-12)18-15(19)8-11-4-2-3-5-11/h6-7,9-11H,2-5,8H2,1H3,(H,18,19). The van der Waals surface area contributed by atoms with E-state index in [0.717, 1.165) is 5.56 Å². The number of benzene rings is 1. The van der Waals surface area contributed by atoms with Crippen LogP contribution in [-0.2, 0) is 4.79 Å². The lowest BCUT2D eigenvalue weighted by Crippen LogP contribution is -2.27. The maximum Gasteiger partial charge on any atom is 0.220 e. The SMILES string of the molecule is CC(NC(=O)CC1CCCC1)c1ccc(Cl)c(Cl)c1. The lowest BCUT2D eigenvalue weighted by molar-refractivity contribution is -0.122. The molecule has 1 unspecified atom stereocenters. The van der Waals surface area contributed by atoms with Gasteiger partial charge in [0.2, 0.25) is 5.91 Å².